The third kappa shape index (κ3) is 7.09. The van der Waals surface area contributed by atoms with E-state index in [-0.39, 0.29) is 0 Å². The molecule has 1 N–H and O–H groups in total. The number of hydrogen-bond acceptors (Lipinski definition) is 2. The van der Waals surface area contributed by atoms with Crippen molar-refractivity contribution in [1.29, 1.82) is 0 Å². The third-order valence-corrected chi connectivity index (χ3v) is 4.23. The Balaban J connectivity index is 0.000000224. The molecule has 1 aliphatic rings. The molecule has 1 fully saturated rings. The van der Waals surface area contributed by atoms with E-state index in [1.54, 1.807) is 0 Å². The van der Waals surface area contributed by atoms with Crippen LogP contribution in [0.4, 0.5) is 0 Å². The van der Waals surface area contributed by atoms with Crippen molar-refractivity contribution >= 4 is 15.9 Å². The fourth-order valence-electron chi connectivity index (χ4n) is 1.85. The summed E-state index contributed by atoms with van der Waals surface area (Å²) < 4.78 is 1.21. The molecule has 1 aromatic rings. The predicted octanol–water partition coefficient (Wildman–Crippen LogP) is 4.05. The predicted molar refractivity (Wildman–Crippen MR) is 87.5 cm³/mol. The first-order chi connectivity index (χ1) is 9.21. The van der Waals surface area contributed by atoms with Gasteiger partial charge in [0.25, 0.3) is 0 Å². The lowest BCUT2D eigenvalue weighted by atomic mass is 10.2. The minimum absolute atomic E-state index is 0.789. The van der Waals surface area contributed by atoms with Crippen molar-refractivity contribution in [3.05, 3.63) is 34.3 Å². The maximum absolute atomic E-state index is 3.53. The Morgan fingerprint density at radius 1 is 1.11 bits per heavy atom. The van der Waals surface area contributed by atoms with Crippen LogP contribution in [0.2, 0.25) is 0 Å². The fraction of sp³-hybridized carbons (Fsp3) is 0.625. The monoisotopic (exact) mass is 326 g/mol. The molecule has 0 heterocycles. The van der Waals surface area contributed by atoms with Gasteiger partial charge >= 0.3 is 0 Å². The van der Waals surface area contributed by atoms with Crippen LogP contribution in [0.25, 0.3) is 0 Å². The quantitative estimate of drug-likeness (QED) is 0.848. The van der Waals surface area contributed by atoms with Crippen LogP contribution in [0, 0.1) is 0 Å². The Kier molecular flexibility index (Phi) is 8.35. The summed E-state index contributed by atoms with van der Waals surface area (Å²) in [4.78, 5) is 2.38. The van der Waals surface area contributed by atoms with Crippen molar-refractivity contribution in [1.82, 2.24) is 10.2 Å². The molecule has 1 aromatic carbocycles. The van der Waals surface area contributed by atoms with E-state index in [0.29, 0.717) is 0 Å². The largest absolute Gasteiger partial charge is 0.310 e. The molecule has 0 spiro atoms. The summed E-state index contributed by atoms with van der Waals surface area (Å²) in [5.74, 6) is 0. The summed E-state index contributed by atoms with van der Waals surface area (Å²) in [6.45, 7) is 11.1. The van der Waals surface area contributed by atoms with Gasteiger partial charge in [-0.25, -0.2) is 0 Å². The van der Waals surface area contributed by atoms with E-state index in [1.165, 1.54) is 42.5 Å². The van der Waals surface area contributed by atoms with Crippen LogP contribution in [0.1, 0.15) is 39.2 Å². The lowest BCUT2D eigenvalue weighted by molar-refractivity contribution is 0.321. The maximum atomic E-state index is 3.53. The highest BCUT2D eigenvalue weighted by Gasteiger charge is 2.20. The van der Waals surface area contributed by atoms with E-state index in [0.717, 1.165) is 12.6 Å². The van der Waals surface area contributed by atoms with Crippen LogP contribution in [0.5, 0.6) is 0 Å². The van der Waals surface area contributed by atoms with Crippen molar-refractivity contribution in [2.24, 2.45) is 0 Å². The second kappa shape index (κ2) is 9.51. The molecule has 19 heavy (non-hydrogen) atoms. The number of benzene rings is 1. The maximum Gasteiger partial charge on any atom is 0.0220 e. The Bertz CT molecular complexity index is 341. The standard InChI is InChI=1S/C10H12BrN.C6H15N/c11-10-4-2-1-3-8(10)7-12-9-5-6-9;1-4-7(5-2)6-3/h1-4,9,12H,5-7H2;4-6H2,1-3H3. The van der Waals surface area contributed by atoms with Crippen molar-refractivity contribution in [2.75, 3.05) is 19.6 Å². The lowest BCUT2D eigenvalue weighted by Crippen LogP contribution is -2.21. The summed E-state index contributed by atoms with van der Waals surface area (Å²) in [5.41, 5.74) is 1.35. The number of nitrogens with zero attached hydrogens (tertiary/aromatic N) is 1. The van der Waals surface area contributed by atoms with Gasteiger partial charge < -0.3 is 10.2 Å². The highest BCUT2D eigenvalue weighted by molar-refractivity contribution is 9.10. The molecule has 0 aromatic heterocycles. The van der Waals surface area contributed by atoms with Gasteiger partial charge in [-0.3, -0.25) is 0 Å². The molecular weight excluding hydrogens is 300 g/mol. The smallest absolute Gasteiger partial charge is 0.0220 e. The molecule has 0 atom stereocenters. The van der Waals surface area contributed by atoms with Crippen LogP contribution in [-0.2, 0) is 6.54 Å². The van der Waals surface area contributed by atoms with Crippen molar-refractivity contribution < 1.29 is 0 Å². The summed E-state index contributed by atoms with van der Waals surface area (Å²) in [6.07, 6.45) is 2.70. The number of halogens is 1. The lowest BCUT2D eigenvalue weighted by Gasteiger charge is -2.13. The minimum Gasteiger partial charge on any atom is -0.310 e. The fourth-order valence-corrected chi connectivity index (χ4v) is 2.28. The molecule has 2 nitrogen and oxygen atoms in total. The van der Waals surface area contributed by atoms with Crippen LogP contribution in [0.15, 0.2) is 28.7 Å². The molecule has 0 saturated heterocycles. The van der Waals surface area contributed by atoms with E-state index in [9.17, 15) is 0 Å². The topological polar surface area (TPSA) is 15.3 Å². The Morgan fingerprint density at radius 3 is 2.11 bits per heavy atom. The third-order valence-electron chi connectivity index (χ3n) is 3.46. The van der Waals surface area contributed by atoms with Crippen LogP contribution in [-0.4, -0.2) is 30.6 Å². The molecule has 2 rings (SSSR count). The first-order valence-electron chi connectivity index (χ1n) is 7.40. The minimum atomic E-state index is 0.789. The number of hydrogen-bond donors (Lipinski definition) is 1. The SMILES string of the molecule is Brc1ccccc1CNC1CC1.CCN(CC)CC. The van der Waals surface area contributed by atoms with E-state index in [2.05, 4.69) is 65.1 Å². The van der Waals surface area contributed by atoms with Gasteiger partial charge in [0, 0.05) is 17.1 Å². The van der Waals surface area contributed by atoms with Gasteiger partial charge in [-0.1, -0.05) is 54.9 Å². The Morgan fingerprint density at radius 2 is 1.68 bits per heavy atom. The van der Waals surface area contributed by atoms with Crippen LogP contribution in [0.3, 0.4) is 0 Å². The number of rotatable bonds is 6. The van der Waals surface area contributed by atoms with E-state index < -0.39 is 0 Å². The van der Waals surface area contributed by atoms with E-state index in [4.69, 9.17) is 0 Å². The second-order valence-electron chi connectivity index (χ2n) is 4.87. The van der Waals surface area contributed by atoms with Gasteiger partial charge in [0.05, 0.1) is 0 Å². The van der Waals surface area contributed by atoms with Gasteiger partial charge in [0.1, 0.15) is 0 Å². The molecule has 0 amide bonds. The zero-order valence-electron chi connectivity index (χ0n) is 12.5. The summed E-state index contributed by atoms with van der Waals surface area (Å²) in [6, 6.07) is 9.15. The van der Waals surface area contributed by atoms with Gasteiger partial charge in [0.2, 0.25) is 0 Å². The zero-order chi connectivity index (χ0) is 14.1. The summed E-state index contributed by atoms with van der Waals surface area (Å²) in [7, 11) is 0. The van der Waals surface area contributed by atoms with Crippen LogP contribution < -0.4 is 5.32 Å². The molecule has 0 radical (unpaired) electrons. The van der Waals surface area contributed by atoms with Gasteiger partial charge in [-0.05, 0) is 44.1 Å². The van der Waals surface area contributed by atoms with E-state index in [1.807, 2.05) is 6.07 Å². The average molecular weight is 327 g/mol. The molecular formula is C16H27BrN2. The summed E-state index contributed by atoms with van der Waals surface area (Å²) >= 11 is 3.53. The Hall–Kier alpha value is -0.380. The van der Waals surface area contributed by atoms with Crippen molar-refractivity contribution in [2.45, 2.75) is 46.2 Å². The normalized spacial score (nSPS) is 14.2. The van der Waals surface area contributed by atoms with E-state index >= 15 is 0 Å². The Labute approximate surface area is 126 Å². The molecule has 0 bridgehead atoms. The van der Waals surface area contributed by atoms with Crippen LogP contribution >= 0.6 is 15.9 Å². The first-order valence-corrected chi connectivity index (χ1v) is 8.19. The molecule has 0 aliphatic heterocycles. The highest BCUT2D eigenvalue weighted by Crippen LogP contribution is 2.21. The van der Waals surface area contributed by atoms with Crippen molar-refractivity contribution in [3.8, 4) is 0 Å². The molecule has 1 aliphatic carbocycles. The second-order valence-corrected chi connectivity index (χ2v) is 5.72. The summed E-state index contributed by atoms with van der Waals surface area (Å²) in [5, 5.41) is 3.48. The van der Waals surface area contributed by atoms with Gasteiger partial charge in [0.15, 0.2) is 0 Å². The first kappa shape index (κ1) is 16.7. The van der Waals surface area contributed by atoms with Gasteiger partial charge in [-0.15, -0.1) is 0 Å². The zero-order valence-corrected chi connectivity index (χ0v) is 14.0. The molecule has 0 unspecified atom stereocenters. The molecule has 1 saturated carbocycles. The average Bonchev–Trinajstić information content (AvgIpc) is 3.25. The highest BCUT2D eigenvalue weighted by atomic mass is 79.9. The number of nitrogens with one attached hydrogen (secondary N) is 1. The van der Waals surface area contributed by atoms with Crippen molar-refractivity contribution in [3.63, 3.8) is 0 Å². The van der Waals surface area contributed by atoms with Gasteiger partial charge in [-0.2, -0.15) is 0 Å². The molecule has 3 heteroatoms. The molecule has 108 valence electrons.